The average Bonchev–Trinajstić information content (AvgIpc) is 2.66. The monoisotopic (exact) mass is 484 g/mol. The van der Waals surface area contributed by atoms with Crippen LogP contribution in [0.3, 0.4) is 0 Å². The second-order valence-electron chi connectivity index (χ2n) is 5.93. The predicted molar refractivity (Wildman–Crippen MR) is 118 cm³/mol. The zero-order chi connectivity index (χ0) is 18.9. The van der Waals surface area contributed by atoms with E-state index in [1.807, 2.05) is 31.0 Å². The summed E-state index contributed by atoms with van der Waals surface area (Å²) in [6.45, 7) is 3.90. The van der Waals surface area contributed by atoms with Gasteiger partial charge < -0.3 is 15.5 Å². The van der Waals surface area contributed by atoms with E-state index in [0.29, 0.717) is 18.7 Å². The number of carbonyl (C=O) groups excluding carboxylic acids is 1. The van der Waals surface area contributed by atoms with Crippen molar-refractivity contribution in [3.63, 3.8) is 0 Å². The molecule has 0 aliphatic heterocycles. The SMILES string of the molecule is CCNC(=NCc1ccc(C(=O)NC)cc1)N(C)Cc1ccc(F)cc1.I. The first kappa shape index (κ1) is 22.9. The van der Waals surface area contributed by atoms with Gasteiger partial charge in [-0.15, -0.1) is 24.0 Å². The van der Waals surface area contributed by atoms with Crippen LogP contribution in [0.1, 0.15) is 28.4 Å². The second-order valence-corrected chi connectivity index (χ2v) is 5.93. The number of aliphatic imine (C=N–C) groups is 1. The Kier molecular flexibility index (Phi) is 9.77. The van der Waals surface area contributed by atoms with Crippen LogP contribution >= 0.6 is 24.0 Å². The van der Waals surface area contributed by atoms with E-state index in [1.165, 1.54) is 12.1 Å². The largest absolute Gasteiger partial charge is 0.357 e. The fourth-order valence-corrected chi connectivity index (χ4v) is 2.48. The van der Waals surface area contributed by atoms with E-state index in [2.05, 4.69) is 15.6 Å². The number of nitrogens with zero attached hydrogens (tertiary/aromatic N) is 2. The summed E-state index contributed by atoms with van der Waals surface area (Å²) in [5.74, 6) is 0.428. The molecule has 2 N–H and O–H groups in total. The van der Waals surface area contributed by atoms with Crippen LogP contribution in [-0.4, -0.2) is 37.4 Å². The van der Waals surface area contributed by atoms with E-state index < -0.39 is 0 Å². The number of amides is 1. The molecule has 7 heteroatoms. The molecule has 2 aromatic carbocycles. The van der Waals surface area contributed by atoms with Crippen molar-refractivity contribution in [1.29, 1.82) is 0 Å². The topological polar surface area (TPSA) is 56.7 Å². The second kappa shape index (κ2) is 11.5. The standard InChI is InChI=1S/C20H25FN4O.HI/c1-4-23-20(25(3)14-16-7-11-18(21)12-8-16)24-13-15-5-9-17(10-6-15)19(26)22-2;/h5-12H,4,13-14H2,1-3H3,(H,22,26)(H,23,24);1H. The van der Waals surface area contributed by atoms with Crippen molar-refractivity contribution in [2.75, 3.05) is 20.6 Å². The Labute approximate surface area is 177 Å². The van der Waals surface area contributed by atoms with Crippen molar-refractivity contribution in [3.8, 4) is 0 Å². The van der Waals surface area contributed by atoms with Crippen molar-refractivity contribution >= 4 is 35.8 Å². The minimum atomic E-state index is -0.239. The number of hydrogen-bond donors (Lipinski definition) is 2. The lowest BCUT2D eigenvalue weighted by Crippen LogP contribution is -2.38. The number of guanidine groups is 1. The Balaban J connectivity index is 0.00000364. The zero-order valence-corrected chi connectivity index (χ0v) is 18.2. The van der Waals surface area contributed by atoms with Gasteiger partial charge in [-0.3, -0.25) is 4.79 Å². The quantitative estimate of drug-likeness (QED) is 0.376. The molecule has 0 saturated carbocycles. The summed E-state index contributed by atoms with van der Waals surface area (Å²) in [6, 6.07) is 13.8. The Morgan fingerprint density at radius 1 is 1.07 bits per heavy atom. The Morgan fingerprint density at radius 3 is 2.22 bits per heavy atom. The molecule has 5 nitrogen and oxygen atoms in total. The van der Waals surface area contributed by atoms with Crippen molar-refractivity contribution in [2.24, 2.45) is 4.99 Å². The van der Waals surface area contributed by atoms with Crippen LogP contribution in [0.4, 0.5) is 4.39 Å². The molecule has 2 rings (SSSR count). The molecule has 0 atom stereocenters. The summed E-state index contributed by atoms with van der Waals surface area (Å²) in [4.78, 5) is 18.2. The molecule has 0 fully saturated rings. The molecule has 0 aliphatic rings. The average molecular weight is 484 g/mol. The molecule has 2 aromatic rings. The number of nitrogens with one attached hydrogen (secondary N) is 2. The highest BCUT2D eigenvalue weighted by atomic mass is 127. The first-order valence-corrected chi connectivity index (χ1v) is 8.58. The van der Waals surface area contributed by atoms with Crippen LogP contribution in [-0.2, 0) is 13.1 Å². The van der Waals surface area contributed by atoms with Gasteiger partial charge in [-0.1, -0.05) is 24.3 Å². The Hall–Kier alpha value is -2.16. The molecule has 0 aliphatic carbocycles. The maximum absolute atomic E-state index is 13.0. The van der Waals surface area contributed by atoms with E-state index in [-0.39, 0.29) is 35.7 Å². The molecule has 0 heterocycles. The number of rotatable bonds is 6. The number of halogens is 2. The molecule has 1 amide bonds. The van der Waals surface area contributed by atoms with E-state index in [1.54, 1.807) is 31.3 Å². The molecule has 0 spiro atoms. The molecule has 27 heavy (non-hydrogen) atoms. The fourth-order valence-electron chi connectivity index (χ4n) is 2.48. The summed E-state index contributed by atoms with van der Waals surface area (Å²) in [7, 11) is 3.56. The summed E-state index contributed by atoms with van der Waals surface area (Å²) >= 11 is 0. The van der Waals surface area contributed by atoms with E-state index >= 15 is 0 Å². The van der Waals surface area contributed by atoms with E-state index in [9.17, 15) is 9.18 Å². The van der Waals surface area contributed by atoms with Gasteiger partial charge in [0.05, 0.1) is 6.54 Å². The van der Waals surface area contributed by atoms with Gasteiger partial charge in [0, 0.05) is 32.7 Å². The molecular weight excluding hydrogens is 458 g/mol. The molecule has 0 bridgehead atoms. The van der Waals surface area contributed by atoms with Crippen LogP contribution in [0.5, 0.6) is 0 Å². The summed E-state index contributed by atoms with van der Waals surface area (Å²) in [5, 5.41) is 5.86. The summed E-state index contributed by atoms with van der Waals surface area (Å²) < 4.78 is 13.0. The third-order valence-electron chi connectivity index (χ3n) is 3.88. The van der Waals surface area contributed by atoms with Crippen molar-refractivity contribution in [1.82, 2.24) is 15.5 Å². The highest BCUT2D eigenvalue weighted by Gasteiger charge is 2.07. The third kappa shape index (κ3) is 7.16. The van der Waals surface area contributed by atoms with Crippen LogP contribution < -0.4 is 10.6 Å². The van der Waals surface area contributed by atoms with Gasteiger partial charge in [-0.05, 0) is 42.3 Å². The Morgan fingerprint density at radius 2 is 1.67 bits per heavy atom. The lowest BCUT2D eigenvalue weighted by molar-refractivity contribution is 0.0963. The van der Waals surface area contributed by atoms with Gasteiger partial charge in [-0.25, -0.2) is 9.38 Å². The van der Waals surface area contributed by atoms with Gasteiger partial charge in [0.1, 0.15) is 5.82 Å². The number of hydrogen-bond acceptors (Lipinski definition) is 2. The van der Waals surface area contributed by atoms with E-state index in [4.69, 9.17) is 0 Å². The van der Waals surface area contributed by atoms with Crippen LogP contribution in [0, 0.1) is 5.82 Å². The number of benzene rings is 2. The predicted octanol–water partition coefficient (Wildman–Crippen LogP) is 3.40. The van der Waals surface area contributed by atoms with Gasteiger partial charge >= 0.3 is 0 Å². The number of carbonyl (C=O) groups is 1. The fraction of sp³-hybridized carbons (Fsp3) is 0.300. The first-order chi connectivity index (χ1) is 12.5. The Bertz CT molecular complexity index is 748. The molecule has 0 aromatic heterocycles. The van der Waals surface area contributed by atoms with Crippen molar-refractivity contribution in [3.05, 3.63) is 71.0 Å². The molecule has 0 saturated heterocycles. The van der Waals surface area contributed by atoms with Crippen LogP contribution in [0.2, 0.25) is 0 Å². The lowest BCUT2D eigenvalue weighted by atomic mass is 10.1. The zero-order valence-electron chi connectivity index (χ0n) is 15.8. The summed E-state index contributed by atoms with van der Waals surface area (Å²) in [5.41, 5.74) is 2.65. The maximum Gasteiger partial charge on any atom is 0.251 e. The molecule has 0 unspecified atom stereocenters. The lowest BCUT2D eigenvalue weighted by Gasteiger charge is -2.22. The van der Waals surface area contributed by atoms with Gasteiger partial charge in [0.25, 0.3) is 5.91 Å². The van der Waals surface area contributed by atoms with Crippen LogP contribution in [0.25, 0.3) is 0 Å². The van der Waals surface area contributed by atoms with Gasteiger partial charge in [0.2, 0.25) is 0 Å². The van der Waals surface area contributed by atoms with Gasteiger partial charge in [0.15, 0.2) is 5.96 Å². The van der Waals surface area contributed by atoms with Crippen LogP contribution in [0.15, 0.2) is 53.5 Å². The van der Waals surface area contributed by atoms with Crippen molar-refractivity contribution < 1.29 is 9.18 Å². The highest BCUT2D eigenvalue weighted by molar-refractivity contribution is 14.0. The first-order valence-electron chi connectivity index (χ1n) is 8.58. The van der Waals surface area contributed by atoms with Gasteiger partial charge in [-0.2, -0.15) is 0 Å². The normalized spacial score (nSPS) is 10.7. The third-order valence-corrected chi connectivity index (χ3v) is 3.88. The molecule has 0 radical (unpaired) electrons. The molecular formula is C20H26FIN4O. The van der Waals surface area contributed by atoms with Crippen molar-refractivity contribution in [2.45, 2.75) is 20.0 Å². The minimum Gasteiger partial charge on any atom is -0.357 e. The van der Waals surface area contributed by atoms with E-state index in [0.717, 1.165) is 23.6 Å². The smallest absolute Gasteiger partial charge is 0.251 e. The molecule has 146 valence electrons. The maximum atomic E-state index is 13.0. The highest BCUT2D eigenvalue weighted by Crippen LogP contribution is 2.08. The minimum absolute atomic E-state index is 0. The summed E-state index contributed by atoms with van der Waals surface area (Å²) in [6.07, 6.45) is 0.